The van der Waals surface area contributed by atoms with Crippen LogP contribution in [0, 0.1) is 0 Å². The van der Waals surface area contributed by atoms with Crippen molar-refractivity contribution in [3.63, 3.8) is 0 Å². The fraction of sp³-hybridized carbons (Fsp3) is 0.304. The first-order chi connectivity index (χ1) is 15.2. The van der Waals surface area contributed by atoms with Crippen LogP contribution in [-0.4, -0.2) is 56.1 Å². The van der Waals surface area contributed by atoms with Gasteiger partial charge >= 0.3 is 0 Å². The Bertz CT molecular complexity index is 1220. The summed E-state index contributed by atoms with van der Waals surface area (Å²) in [6.07, 6.45) is 2.66. The molecule has 2 aromatic heterocycles. The molecule has 0 aliphatic carbocycles. The number of carbonyl (C=O) groups is 2. The van der Waals surface area contributed by atoms with Crippen LogP contribution < -0.4 is 5.32 Å². The molecule has 8 heteroatoms. The Balaban J connectivity index is 1.26. The average Bonchev–Trinajstić information content (AvgIpc) is 3.52. The lowest BCUT2D eigenvalue weighted by Crippen LogP contribution is -2.30. The fourth-order valence-electron chi connectivity index (χ4n) is 4.11. The zero-order valence-electron chi connectivity index (χ0n) is 17.2. The minimum absolute atomic E-state index is 0.0576. The number of fused-ring (bicyclic) bond motifs is 2. The third kappa shape index (κ3) is 3.88. The number of imidazole rings is 1. The summed E-state index contributed by atoms with van der Waals surface area (Å²) in [6.45, 7) is 2.07. The second-order valence-corrected chi connectivity index (χ2v) is 7.82. The molecule has 1 aliphatic rings. The Hall–Kier alpha value is -3.68. The van der Waals surface area contributed by atoms with Gasteiger partial charge in [0.05, 0.1) is 16.6 Å². The predicted molar refractivity (Wildman–Crippen MR) is 118 cm³/mol. The quantitative estimate of drug-likeness (QED) is 0.505. The van der Waals surface area contributed by atoms with Crippen LogP contribution in [0.15, 0.2) is 48.5 Å². The largest absolute Gasteiger partial charge is 0.354 e. The monoisotopic (exact) mass is 416 g/mol. The first-order valence-corrected chi connectivity index (χ1v) is 10.6. The van der Waals surface area contributed by atoms with Crippen molar-refractivity contribution < 1.29 is 9.59 Å². The first kappa shape index (κ1) is 19.3. The number of hydrogen-bond donors (Lipinski definition) is 2. The number of para-hydroxylation sites is 3. The van der Waals surface area contributed by atoms with Gasteiger partial charge in [0.15, 0.2) is 5.69 Å². The summed E-state index contributed by atoms with van der Waals surface area (Å²) < 4.78 is 1.62. The molecule has 5 rings (SSSR count). The van der Waals surface area contributed by atoms with Gasteiger partial charge in [-0.2, -0.15) is 5.10 Å². The van der Waals surface area contributed by atoms with Gasteiger partial charge in [-0.3, -0.25) is 14.3 Å². The summed E-state index contributed by atoms with van der Waals surface area (Å²) in [7, 11) is 0. The third-order valence-electron chi connectivity index (χ3n) is 5.67. The molecule has 1 saturated heterocycles. The molecule has 0 spiro atoms. The van der Waals surface area contributed by atoms with Gasteiger partial charge in [0.2, 0.25) is 5.91 Å². The van der Waals surface area contributed by atoms with E-state index < -0.39 is 0 Å². The van der Waals surface area contributed by atoms with Gasteiger partial charge < -0.3 is 15.2 Å². The van der Waals surface area contributed by atoms with Crippen molar-refractivity contribution in [1.82, 2.24) is 30.0 Å². The van der Waals surface area contributed by atoms with Crippen LogP contribution in [0.1, 0.15) is 29.2 Å². The van der Waals surface area contributed by atoms with Crippen LogP contribution in [-0.2, 0) is 17.8 Å². The maximum Gasteiger partial charge on any atom is 0.275 e. The molecule has 4 aromatic rings. The van der Waals surface area contributed by atoms with E-state index in [0.717, 1.165) is 53.7 Å². The Kier molecular flexibility index (Phi) is 5.11. The number of amides is 2. The number of nitrogens with zero attached hydrogens (tertiary/aromatic N) is 4. The third-order valence-corrected chi connectivity index (χ3v) is 5.67. The van der Waals surface area contributed by atoms with Gasteiger partial charge in [0.1, 0.15) is 12.4 Å². The van der Waals surface area contributed by atoms with E-state index in [0.29, 0.717) is 18.7 Å². The van der Waals surface area contributed by atoms with Gasteiger partial charge in [-0.1, -0.05) is 30.3 Å². The van der Waals surface area contributed by atoms with E-state index in [4.69, 9.17) is 0 Å². The number of nitrogens with one attached hydrogen (secondary N) is 2. The van der Waals surface area contributed by atoms with Crippen molar-refractivity contribution in [2.75, 3.05) is 19.6 Å². The van der Waals surface area contributed by atoms with Crippen molar-refractivity contribution in [1.29, 1.82) is 0 Å². The molecule has 2 amide bonds. The summed E-state index contributed by atoms with van der Waals surface area (Å²) in [5, 5.41) is 8.23. The highest BCUT2D eigenvalue weighted by molar-refractivity contribution is 6.05. The zero-order valence-corrected chi connectivity index (χ0v) is 17.2. The predicted octanol–water partition coefficient (Wildman–Crippen LogP) is 2.51. The van der Waals surface area contributed by atoms with E-state index in [-0.39, 0.29) is 18.4 Å². The molecule has 8 nitrogen and oxygen atoms in total. The molecular formula is C23H24N6O2. The molecule has 0 unspecified atom stereocenters. The number of aromatic nitrogens is 4. The number of benzene rings is 2. The standard InChI is InChI=1S/C23H24N6O2/c30-21(24-12-11-20-25-17-8-2-3-9-18(17)26-20)15-29-19-10-4-1-7-16(19)22(27-29)23(31)28-13-5-6-14-28/h1-4,7-10H,5-6,11-15H2,(H,24,30)(H,25,26). The van der Waals surface area contributed by atoms with Crippen LogP contribution in [0.4, 0.5) is 0 Å². The maximum absolute atomic E-state index is 12.9. The van der Waals surface area contributed by atoms with Crippen molar-refractivity contribution in [3.8, 4) is 0 Å². The summed E-state index contributed by atoms with van der Waals surface area (Å²) >= 11 is 0. The SMILES string of the molecule is O=C(Cn1nc(C(=O)N2CCCC2)c2ccccc21)NCCc1nc2ccccc2[nH]1. The minimum Gasteiger partial charge on any atom is -0.354 e. The number of hydrogen-bond acceptors (Lipinski definition) is 4. The van der Waals surface area contributed by atoms with Gasteiger partial charge in [-0.15, -0.1) is 0 Å². The fourth-order valence-corrected chi connectivity index (χ4v) is 4.11. The lowest BCUT2D eigenvalue weighted by atomic mass is 10.2. The first-order valence-electron chi connectivity index (χ1n) is 10.6. The number of carbonyl (C=O) groups excluding carboxylic acids is 2. The summed E-state index contributed by atoms with van der Waals surface area (Å²) in [5.74, 6) is 0.631. The highest BCUT2D eigenvalue weighted by Gasteiger charge is 2.25. The number of H-pyrrole nitrogens is 1. The molecule has 2 aromatic carbocycles. The number of likely N-dealkylation sites (tertiary alicyclic amines) is 1. The summed E-state index contributed by atoms with van der Waals surface area (Å²) in [4.78, 5) is 35.1. The molecule has 0 atom stereocenters. The number of rotatable bonds is 6. The van der Waals surface area contributed by atoms with E-state index in [1.165, 1.54) is 0 Å². The Morgan fingerprint density at radius 3 is 2.65 bits per heavy atom. The van der Waals surface area contributed by atoms with Crippen molar-refractivity contribution in [2.24, 2.45) is 0 Å². The van der Waals surface area contributed by atoms with Gasteiger partial charge in [-0.25, -0.2) is 4.98 Å². The topological polar surface area (TPSA) is 95.9 Å². The zero-order chi connectivity index (χ0) is 21.2. The maximum atomic E-state index is 12.9. The van der Waals surface area contributed by atoms with Gasteiger partial charge in [-0.05, 0) is 31.0 Å². The van der Waals surface area contributed by atoms with Crippen LogP contribution in [0.3, 0.4) is 0 Å². The highest BCUT2D eigenvalue weighted by Crippen LogP contribution is 2.21. The van der Waals surface area contributed by atoms with Crippen molar-refractivity contribution in [3.05, 3.63) is 60.0 Å². The number of aromatic amines is 1. The van der Waals surface area contributed by atoms with E-state index >= 15 is 0 Å². The minimum atomic E-state index is -0.149. The average molecular weight is 416 g/mol. The summed E-state index contributed by atoms with van der Waals surface area (Å²) in [5.41, 5.74) is 3.12. The van der Waals surface area contributed by atoms with Crippen LogP contribution in [0.5, 0.6) is 0 Å². The lowest BCUT2D eigenvalue weighted by Gasteiger charge is -2.13. The lowest BCUT2D eigenvalue weighted by molar-refractivity contribution is -0.121. The Morgan fingerprint density at radius 1 is 1.03 bits per heavy atom. The molecule has 31 heavy (non-hydrogen) atoms. The summed E-state index contributed by atoms with van der Waals surface area (Å²) in [6, 6.07) is 15.4. The molecule has 0 radical (unpaired) electrons. The van der Waals surface area contributed by atoms with E-state index in [9.17, 15) is 9.59 Å². The van der Waals surface area contributed by atoms with Crippen molar-refractivity contribution >= 4 is 33.8 Å². The Morgan fingerprint density at radius 2 is 1.81 bits per heavy atom. The molecule has 158 valence electrons. The second-order valence-electron chi connectivity index (χ2n) is 7.82. The molecule has 0 saturated carbocycles. The second kappa shape index (κ2) is 8.22. The molecule has 0 bridgehead atoms. The van der Waals surface area contributed by atoms with E-state index in [1.54, 1.807) is 4.68 Å². The molecular weight excluding hydrogens is 392 g/mol. The normalized spacial score (nSPS) is 13.9. The van der Waals surface area contributed by atoms with E-state index in [2.05, 4.69) is 20.4 Å². The molecule has 2 N–H and O–H groups in total. The van der Waals surface area contributed by atoms with Crippen LogP contribution in [0.25, 0.3) is 21.9 Å². The van der Waals surface area contributed by atoms with Crippen LogP contribution in [0.2, 0.25) is 0 Å². The molecule has 1 fully saturated rings. The van der Waals surface area contributed by atoms with Gasteiger partial charge in [0.25, 0.3) is 5.91 Å². The molecule has 1 aliphatic heterocycles. The van der Waals surface area contributed by atoms with Crippen LogP contribution >= 0.6 is 0 Å². The van der Waals surface area contributed by atoms with Gasteiger partial charge in [0, 0.05) is 31.4 Å². The van der Waals surface area contributed by atoms with E-state index in [1.807, 2.05) is 53.4 Å². The highest BCUT2D eigenvalue weighted by atomic mass is 16.2. The van der Waals surface area contributed by atoms with Crippen molar-refractivity contribution in [2.45, 2.75) is 25.8 Å². The Labute approximate surface area is 179 Å². The smallest absolute Gasteiger partial charge is 0.275 e. The molecule has 3 heterocycles.